The van der Waals surface area contributed by atoms with Gasteiger partial charge in [0.05, 0.1) is 6.54 Å². The van der Waals surface area contributed by atoms with Gasteiger partial charge >= 0.3 is 6.09 Å². The largest absolute Gasteiger partial charge is 0.445 e. The minimum Gasteiger partial charge on any atom is -0.445 e. The van der Waals surface area contributed by atoms with Gasteiger partial charge in [-0.15, -0.1) is 0 Å². The van der Waals surface area contributed by atoms with Crippen molar-refractivity contribution in [2.24, 2.45) is 0 Å². The smallest absolute Gasteiger partial charge is 0.408 e. The number of rotatable bonds is 10. The van der Waals surface area contributed by atoms with E-state index in [0.29, 0.717) is 6.42 Å². The number of carbonyl (C=O) groups excluding carboxylic acids is 2. The molecule has 2 aromatic carbocycles. The SMILES string of the molecule is COC(CNC(=O)[C@H](Cc1ccccc1)NC(=O)OCc1ccccc1)OC. The van der Waals surface area contributed by atoms with Gasteiger partial charge in [-0.3, -0.25) is 4.79 Å². The Kier molecular flexibility index (Phi) is 8.97. The van der Waals surface area contributed by atoms with Gasteiger partial charge in [0.2, 0.25) is 5.91 Å². The molecule has 0 spiro atoms. The van der Waals surface area contributed by atoms with E-state index < -0.39 is 18.4 Å². The lowest BCUT2D eigenvalue weighted by Crippen LogP contribution is -2.49. The van der Waals surface area contributed by atoms with Gasteiger partial charge in [0.15, 0.2) is 6.29 Å². The molecule has 2 aromatic rings. The Bertz CT molecular complexity index is 720. The predicted molar refractivity (Wildman–Crippen MR) is 105 cm³/mol. The summed E-state index contributed by atoms with van der Waals surface area (Å²) in [5.41, 5.74) is 1.78. The summed E-state index contributed by atoms with van der Waals surface area (Å²) in [6.45, 7) is 0.291. The van der Waals surface area contributed by atoms with Crippen LogP contribution in [0, 0.1) is 0 Å². The lowest BCUT2D eigenvalue weighted by molar-refractivity contribution is -0.129. The standard InChI is InChI=1S/C21H26N2O5/c1-26-19(27-2)14-22-20(24)18(13-16-9-5-3-6-10-16)23-21(25)28-15-17-11-7-4-8-12-17/h3-12,18-19H,13-15H2,1-2H3,(H,22,24)(H,23,25)/t18-/m0/s1. The van der Waals surface area contributed by atoms with Gasteiger partial charge in [0.25, 0.3) is 0 Å². The van der Waals surface area contributed by atoms with Crippen molar-refractivity contribution in [3.63, 3.8) is 0 Å². The van der Waals surface area contributed by atoms with Crippen LogP contribution in [-0.4, -0.2) is 45.1 Å². The first-order chi connectivity index (χ1) is 13.6. The number of methoxy groups -OCH3 is 2. The zero-order valence-corrected chi connectivity index (χ0v) is 16.1. The Morgan fingerprint density at radius 3 is 2.04 bits per heavy atom. The van der Waals surface area contributed by atoms with Gasteiger partial charge in [0, 0.05) is 20.6 Å². The average Bonchev–Trinajstić information content (AvgIpc) is 2.74. The van der Waals surface area contributed by atoms with Crippen LogP contribution in [0.25, 0.3) is 0 Å². The van der Waals surface area contributed by atoms with E-state index in [1.165, 1.54) is 14.2 Å². The lowest BCUT2D eigenvalue weighted by atomic mass is 10.1. The van der Waals surface area contributed by atoms with Crippen molar-refractivity contribution in [3.05, 3.63) is 71.8 Å². The molecule has 0 aliphatic rings. The highest BCUT2D eigenvalue weighted by Gasteiger charge is 2.22. The minimum atomic E-state index is -0.792. The fourth-order valence-electron chi connectivity index (χ4n) is 2.54. The normalized spacial score (nSPS) is 11.7. The van der Waals surface area contributed by atoms with E-state index in [1.807, 2.05) is 60.7 Å². The lowest BCUT2D eigenvalue weighted by Gasteiger charge is -2.20. The molecule has 7 heteroatoms. The number of alkyl carbamates (subject to hydrolysis) is 1. The topological polar surface area (TPSA) is 85.9 Å². The fraction of sp³-hybridized carbons (Fsp3) is 0.333. The number of hydrogen-bond donors (Lipinski definition) is 2. The van der Waals surface area contributed by atoms with Crippen LogP contribution < -0.4 is 10.6 Å². The van der Waals surface area contributed by atoms with Crippen molar-refractivity contribution >= 4 is 12.0 Å². The van der Waals surface area contributed by atoms with Gasteiger partial charge in [-0.2, -0.15) is 0 Å². The Hall–Kier alpha value is -2.90. The number of ether oxygens (including phenoxy) is 3. The molecule has 0 unspecified atom stereocenters. The molecule has 28 heavy (non-hydrogen) atoms. The number of amides is 2. The highest BCUT2D eigenvalue weighted by molar-refractivity contribution is 5.85. The van der Waals surface area contributed by atoms with Gasteiger partial charge in [-0.1, -0.05) is 60.7 Å². The second-order valence-corrected chi connectivity index (χ2v) is 6.09. The van der Waals surface area contributed by atoms with E-state index in [0.717, 1.165) is 11.1 Å². The van der Waals surface area contributed by atoms with Crippen LogP contribution in [0.15, 0.2) is 60.7 Å². The highest BCUT2D eigenvalue weighted by Crippen LogP contribution is 2.05. The van der Waals surface area contributed by atoms with Gasteiger partial charge < -0.3 is 24.8 Å². The van der Waals surface area contributed by atoms with Gasteiger partial charge in [0.1, 0.15) is 12.6 Å². The molecule has 0 aromatic heterocycles. The van der Waals surface area contributed by atoms with Crippen LogP contribution in [0.3, 0.4) is 0 Å². The third kappa shape index (κ3) is 7.38. The number of hydrogen-bond acceptors (Lipinski definition) is 5. The van der Waals surface area contributed by atoms with Crippen LogP contribution in [0.5, 0.6) is 0 Å². The Balaban J connectivity index is 1.96. The molecule has 2 rings (SSSR count). The fourth-order valence-corrected chi connectivity index (χ4v) is 2.54. The van der Waals surface area contributed by atoms with Crippen molar-refractivity contribution in [3.8, 4) is 0 Å². The van der Waals surface area contributed by atoms with E-state index in [4.69, 9.17) is 14.2 Å². The molecule has 150 valence electrons. The summed E-state index contributed by atoms with van der Waals surface area (Å²) in [5.74, 6) is -0.348. The van der Waals surface area contributed by atoms with Crippen LogP contribution in [0.1, 0.15) is 11.1 Å². The highest BCUT2D eigenvalue weighted by atomic mass is 16.7. The summed E-state index contributed by atoms with van der Waals surface area (Å²) in [6, 6.07) is 18.0. The van der Waals surface area contributed by atoms with Crippen molar-refractivity contribution in [1.29, 1.82) is 0 Å². The zero-order valence-electron chi connectivity index (χ0n) is 16.1. The summed E-state index contributed by atoms with van der Waals surface area (Å²) in [4.78, 5) is 24.8. The molecule has 0 saturated carbocycles. The van der Waals surface area contributed by atoms with E-state index in [2.05, 4.69) is 10.6 Å². The maximum atomic E-state index is 12.6. The van der Waals surface area contributed by atoms with Crippen molar-refractivity contribution in [2.75, 3.05) is 20.8 Å². The molecule has 0 fully saturated rings. The molecule has 2 amide bonds. The molecule has 0 saturated heterocycles. The second-order valence-electron chi connectivity index (χ2n) is 6.09. The molecular weight excluding hydrogens is 360 g/mol. The molecule has 0 bridgehead atoms. The maximum Gasteiger partial charge on any atom is 0.408 e. The number of nitrogens with one attached hydrogen (secondary N) is 2. The van der Waals surface area contributed by atoms with E-state index in [9.17, 15) is 9.59 Å². The maximum absolute atomic E-state index is 12.6. The summed E-state index contributed by atoms with van der Waals surface area (Å²) >= 11 is 0. The number of carbonyl (C=O) groups is 2. The first-order valence-corrected chi connectivity index (χ1v) is 8.96. The third-order valence-corrected chi connectivity index (χ3v) is 4.07. The van der Waals surface area contributed by atoms with E-state index >= 15 is 0 Å². The van der Waals surface area contributed by atoms with E-state index in [1.54, 1.807) is 0 Å². The molecule has 1 atom stereocenters. The first-order valence-electron chi connectivity index (χ1n) is 8.96. The zero-order chi connectivity index (χ0) is 20.2. The number of benzene rings is 2. The molecule has 0 heterocycles. The van der Waals surface area contributed by atoms with Gasteiger partial charge in [-0.25, -0.2) is 4.79 Å². The summed E-state index contributed by atoms with van der Waals surface area (Å²) < 4.78 is 15.4. The average molecular weight is 386 g/mol. The van der Waals surface area contributed by atoms with Crippen molar-refractivity contribution in [1.82, 2.24) is 10.6 Å². The Morgan fingerprint density at radius 1 is 0.893 bits per heavy atom. The summed E-state index contributed by atoms with van der Waals surface area (Å²) in [7, 11) is 2.97. The van der Waals surface area contributed by atoms with Crippen LogP contribution in [0.4, 0.5) is 4.79 Å². The molecule has 0 aliphatic carbocycles. The van der Waals surface area contributed by atoms with Crippen LogP contribution in [0.2, 0.25) is 0 Å². The molecule has 7 nitrogen and oxygen atoms in total. The van der Waals surface area contributed by atoms with E-state index in [-0.39, 0.29) is 19.1 Å². The summed E-state index contributed by atoms with van der Waals surface area (Å²) in [5, 5.41) is 5.37. The second kappa shape index (κ2) is 11.7. The minimum absolute atomic E-state index is 0.127. The Morgan fingerprint density at radius 2 is 1.46 bits per heavy atom. The quantitative estimate of drug-likeness (QED) is 0.612. The molecular formula is C21H26N2O5. The Labute approximate surface area is 165 Å². The summed E-state index contributed by atoms with van der Waals surface area (Å²) in [6.07, 6.45) is -0.890. The third-order valence-electron chi connectivity index (χ3n) is 4.07. The van der Waals surface area contributed by atoms with Crippen LogP contribution >= 0.6 is 0 Å². The first kappa shape index (κ1) is 21.4. The van der Waals surface area contributed by atoms with Crippen molar-refractivity contribution < 1.29 is 23.8 Å². The monoisotopic (exact) mass is 386 g/mol. The molecule has 0 radical (unpaired) electrons. The molecule has 0 aliphatic heterocycles. The van der Waals surface area contributed by atoms with Gasteiger partial charge in [-0.05, 0) is 11.1 Å². The van der Waals surface area contributed by atoms with Crippen molar-refractivity contribution in [2.45, 2.75) is 25.4 Å². The molecule has 2 N–H and O–H groups in total. The predicted octanol–water partition coefficient (Wildman–Crippen LogP) is 2.26. The van der Waals surface area contributed by atoms with Crippen LogP contribution in [-0.2, 0) is 32.0 Å².